The first-order valence-electron chi connectivity index (χ1n) is 8.55. The molecule has 1 spiro atoms. The first-order valence-corrected chi connectivity index (χ1v) is 9.43. The number of aryl methyl sites for hydroxylation is 1. The summed E-state index contributed by atoms with van der Waals surface area (Å²) in [5.74, 6) is -0.917. The highest BCUT2D eigenvalue weighted by molar-refractivity contribution is 7.14. The number of fused-ring (bicyclic) bond motifs is 2. The first-order chi connectivity index (χ1) is 13.0. The van der Waals surface area contributed by atoms with Gasteiger partial charge in [-0.2, -0.15) is 5.26 Å². The number of benzene rings is 1. The lowest BCUT2D eigenvalue weighted by Gasteiger charge is -2.33. The number of carbonyl (C=O) groups excluding carboxylic acids is 3. The Bertz CT molecular complexity index is 993. The van der Waals surface area contributed by atoms with Crippen molar-refractivity contribution in [2.45, 2.75) is 24.8 Å². The standard InChI is InChI=1S/C19H16N4O3S/c20-10-13-7-9-27-16(13)21-15(24)11-23-17(25)19(22-18(23)26)8-3-5-12-4-1-2-6-14(12)19/h1-2,4,6-7,9H,3,5,8,11H2,(H,21,24)(H,22,26)/t19-/m1/s1. The molecule has 1 aromatic heterocycles. The zero-order valence-electron chi connectivity index (χ0n) is 14.3. The Kier molecular flexibility index (Phi) is 4.16. The molecule has 0 radical (unpaired) electrons. The van der Waals surface area contributed by atoms with Gasteiger partial charge in [0, 0.05) is 0 Å². The fraction of sp³-hybridized carbons (Fsp3) is 0.263. The van der Waals surface area contributed by atoms with Crippen LogP contribution in [0.2, 0.25) is 0 Å². The van der Waals surface area contributed by atoms with Crippen LogP contribution in [0, 0.1) is 11.3 Å². The molecule has 27 heavy (non-hydrogen) atoms. The molecule has 4 amide bonds. The van der Waals surface area contributed by atoms with E-state index in [-0.39, 0.29) is 0 Å². The third kappa shape index (κ3) is 2.76. The van der Waals surface area contributed by atoms with E-state index < -0.39 is 29.9 Å². The van der Waals surface area contributed by atoms with E-state index in [1.54, 1.807) is 11.4 Å². The van der Waals surface area contributed by atoms with Gasteiger partial charge in [0.2, 0.25) is 5.91 Å². The van der Waals surface area contributed by atoms with Gasteiger partial charge in [0.05, 0.1) is 5.56 Å². The van der Waals surface area contributed by atoms with E-state index in [0.717, 1.165) is 28.9 Å². The fourth-order valence-corrected chi connectivity index (χ4v) is 4.51. The van der Waals surface area contributed by atoms with Crippen molar-refractivity contribution in [3.63, 3.8) is 0 Å². The van der Waals surface area contributed by atoms with Crippen LogP contribution in [0.5, 0.6) is 0 Å². The second-order valence-corrected chi connectivity index (χ2v) is 7.48. The number of nitriles is 1. The molecule has 0 bridgehead atoms. The van der Waals surface area contributed by atoms with Crippen LogP contribution in [0.3, 0.4) is 0 Å². The fourth-order valence-electron chi connectivity index (χ4n) is 3.76. The highest BCUT2D eigenvalue weighted by Gasteiger charge is 2.54. The van der Waals surface area contributed by atoms with Crippen molar-refractivity contribution in [2.24, 2.45) is 0 Å². The van der Waals surface area contributed by atoms with Crippen molar-refractivity contribution in [1.29, 1.82) is 5.26 Å². The van der Waals surface area contributed by atoms with Crippen LogP contribution in [0.15, 0.2) is 35.7 Å². The van der Waals surface area contributed by atoms with Crippen molar-refractivity contribution >= 4 is 34.2 Å². The number of urea groups is 1. The summed E-state index contributed by atoms with van der Waals surface area (Å²) >= 11 is 1.22. The van der Waals surface area contributed by atoms with Crippen molar-refractivity contribution in [3.05, 3.63) is 52.4 Å². The monoisotopic (exact) mass is 380 g/mol. The molecule has 2 aliphatic rings. The molecule has 1 atom stereocenters. The van der Waals surface area contributed by atoms with Gasteiger partial charge >= 0.3 is 6.03 Å². The van der Waals surface area contributed by atoms with Gasteiger partial charge in [-0.15, -0.1) is 11.3 Å². The van der Waals surface area contributed by atoms with E-state index in [4.69, 9.17) is 5.26 Å². The molecule has 2 aromatic rings. The maximum atomic E-state index is 13.1. The molecule has 1 fully saturated rings. The van der Waals surface area contributed by atoms with Crippen LogP contribution in [0.1, 0.15) is 29.5 Å². The topological polar surface area (TPSA) is 102 Å². The Morgan fingerprint density at radius 3 is 2.96 bits per heavy atom. The van der Waals surface area contributed by atoms with Crippen LogP contribution >= 0.6 is 11.3 Å². The van der Waals surface area contributed by atoms with E-state index >= 15 is 0 Å². The lowest BCUT2D eigenvalue weighted by molar-refractivity contribution is -0.134. The third-order valence-corrected chi connectivity index (χ3v) is 5.82. The van der Waals surface area contributed by atoms with E-state index in [1.165, 1.54) is 11.3 Å². The maximum Gasteiger partial charge on any atom is 0.325 e. The number of amides is 4. The highest BCUT2D eigenvalue weighted by Crippen LogP contribution is 2.39. The summed E-state index contributed by atoms with van der Waals surface area (Å²) in [4.78, 5) is 38.9. The van der Waals surface area contributed by atoms with Gasteiger partial charge in [-0.3, -0.25) is 14.5 Å². The van der Waals surface area contributed by atoms with Gasteiger partial charge < -0.3 is 10.6 Å². The van der Waals surface area contributed by atoms with Crippen LogP contribution in [-0.2, 0) is 21.5 Å². The van der Waals surface area contributed by atoms with Gasteiger partial charge in [0.25, 0.3) is 5.91 Å². The number of hydrogen-bond acceptors (Lipinski definition) is 5. The SMILES string of the molecule is N#Cc1ccsc1NC(=O)CN1C(=O)N[C@@]2(CCCc3ccccc32)C1=O. The number of anilines is 1. The number of nitrogens with one attached hydrogen (secondary N) is 2. The first kappa shape index (κ1) is 17.2. The average Bonchev–Trinajstić information content (AvgIpc) is 3.20. The van der Waals surface area contributed by atoms with Crippen molar-refractivity contribution in [1.82, 2.24) is 10.2 Å². The molecule has 7 nitrogen and oxygen atoms in total. The van der Waals surface area contributed by atoms with Crippen LogP contribution < -0.4 is 10.6 Å². The molecular formula is C19H16N4O3S. The summed E-state index contributed by atoms with van der Waals surface area (Å²) in [6.45, 7) is -0.392. The summed E-state index contributed by atoms with van der Waals surface area (Å²) in [5, 5.41) is 16.5. The Labute approximate surface area is 159 Å². The summed E-state index contributed by atoms with van der Waals surface area (Å²) < 4.78 is 0. The summed E-state index contributed by atoms with van der Waals surface area (Å²) in [7, 11) is 0. The van der Waals surface area contributed by atoms with Crippen LogP contribution in [0.4, 0.5) is 9.80 Å². The minimum absolute atomic E-state index is 0.350. The minimum Gasteiger partial charge on any atom is -0.319 e. The van der Waals surface area contributed by atoms with Gasteiger partial charge in [-0.05, 0) is 41.8 Å². The van der Waals surface area contributed by atoms with Gasteiger partial charge in [-0.25, -0.2) is 4.79 Å². The molecule has 8 heteroatoms. The molecule has 0 unspecified atom stereocenters. The van der Waals surface area contributed by atoms with E-state index in [0.29, 0.717) is 17.0 Å². The molecule has 1 saturated heterocycles. The number of rotatable bonds is 3. The Hall–Kier alpha value is -3.18. The molecule has 1 aromatic carbocycles. The quantitative estimate of drug-likeness (QED) is 0.798. The lowest BCUT2D eigenvalue weighted by atomic mass is 9.76. The molecule has 0 saturated carbocycles. The average molecular weight is 380 g/mol. The number of imide groups is 1. The number of hydrogen-bond donors (Lipinski definition) is 2. The maximum absolute atomic E-state index is 13.1. The second-order valence-electron chi connectivity index (χ2n) is 6.56. The smallest absolute Gasteiger partial charge is 0.319 e. The Balaban J connectivity index is 1.56. The summed E-state index contributed by atoms with van der Waals surface area (Å²) in [6.07, 6.45) is 2.15. The highest BCUT2D eigenvalue weighted by atomic mass is 32.1. The molecular weight excluding hydrogens is 364 g/mol. The lowest BCUT2D eigenvalue weighted by Crippen LogP contribution is -2.47. The molecule has 4 rings (SSSR count). The van der Waals surface area contributed by atoms with E-state index in [9.17, 15) is 14.4 Å². The van der Waals surface area contributed by atoms with Crippen molar-refractivity contribution in [2.75, 3.05) is 11.9 Å². The van der Waals surface area contributed by atoms with Crippen LogP contribution in [-0.4, -0.2) is 29.3 Å². The molecule has 2 heterocycles. The summed E-state index contributed by atoms with van der Waals surface area (Å²) in [6, 6.07) is 10.6. The third-order valence-electron chi connectivity index (χ3n) is 4.99. The Morgan fingerprint density at radius 2 is 2.15 bits per heavy atom. The van der Waals surface area contributed by atoms with Gasteiger partial charge in [0.1, 0.15) is 23.2 Å². The van der Waals surface area contributed by atoms with E-state index in [2.05, 4.69) is 10.6 Å². The summed E-state index contributed by atoms with van der Waals surface area (Å²) in [5.41, 5.74) is 1.11. The number of nitrogens with zero attached hydrogens (tertiary/aromatic N) is 2. The largest absolute Gasteiger partial charge is 0.325 e. The van der Waals surface area contributed by atoms with Crippen molar-refractivity contribution < 1.29 is 14.4 Å². The number of carbonyl (C=O) groups is 3. The number of thiophene rings is 1. The Morgan fingerprint density at radius 1 is 1.33 bits per heavy atom. The predicted octanol–water partition coefficient (Wildman–Crippen LogP) is 2.34. The molecule has 136 valence electrons. The molecule has 1 aliphatic heterocycles. The van der Waals surface area contributed by atoms with Gasteiger partial charge in [-0.1, -0.05) is 24.3 Å². The molecule has 2 N–H and O–H groups in total. The predicted molar refractivity (Wildman–Crippen MR) is 99.0 cm³/mol. The minimum atomic E-state index is -1.09. The zero-order valence-corrected chi connectivity index (χ0v) is 15.1. The van der Waals surface area contributed by atoms with Crippen LogP contribution in [0.25, 0.3) is 0 Å². The van der Waals surface area contributed by atoms with Gasteiger partial charge in [0.15, 0.2) is 0 Å². The normalized spacial score (nSPS) is 20.9. The second kappa shape index (κ2) is 6.52. The zero-order chi connectivity index (χ0) is 19.0. The van der Waals surface area contributed by atoms with E-state index in [1.807, 2.05) is 30.3 Å². The van der Waals surface area contributed by atoms with Crippen molar-refractivity contribution in [3.8, 4) is 6.07 Å². The molecule has 1 aliphatic carbocycles.